The first-order valence-corrected chi connectivity index (χ1v) is 11.6. The first-order valence-electron chi connectivity index (χ1n) is 9.99. The Morgan fingerprint density at radius 2 is 1.91 bits per heavy atom. The lowest BCUT2D eigenvalue weighted by molar-refractivity contribution is -0.384. The third-order valence-electron chi connectivity index (χ3n) is 5.10. The number of nitro groups is 1. The molecule has 1 aromatic heterocycles. The van der Waals surface area contributed by atoms with E-state index in [-0.39, 0.29) is 17.9 Å². The third-order valence-corrected chi connectivity index (χ3v) is 6.62. The van der Waals surface area contributed by atoms with Crippen molar-refractivity contribution in [2.75, 3.05) is 6.61 Å². The maximum absolute atomic E-state index is 13.5. The molecule has 0 saturated heterocycles. The SMILES string of the molecule is CCOC(=O)C1=C(C)N=c2s/c(=C\c3ccc([N+](=O)[O-])cc3)c(=O)n2C1c1ccc(Br)cc1. The molecule has 0 radical (unpaired) electrons. The first-order chi connectivity index (χ1) is 15.8. The molecule has 0 amide bonds. The number of hydrogen-bond acceptors (Lipinski definition) is 7. The normalized spacial score (nSPS) is 15.7. The van der Waals surface area contributed by atoms with E-state index in [1.165, 1.54) is 28.0 Å². The molecule has 1 aliphatic heterocycles. The van der Waals surface area contributed by atoms with Crippen molar-refractivity contribution >= 4 is 45.0 Å². The van der Waals surface area contributed by atoms with E-state index in [9.17, 15) is 19.7 Å². The quantitative estimate of drug-likeness (QED) is 0.287. The maximum atomic E-state index is 13.5. The van der Waals surface area contributed by atoms with Crippen molar-refractivity contribution in [3.05, 3.63) is 105 Å². The van der Waals surface area contributed by atoms with Gasteiger partial charge in [0.15, 0.2) is 4.80 Å². The van der Waals surface area contributed by atoms with E-state index >= 15 is 0 Å². The Hall–Kier alpha value is -3.37. The van der Waals surface area contributed by atoms with Crippen LogP contribution in [-0.2, 0) is 9.53 Å². The molecule has 0 aliphatic carbocycles. The Kier molecular flexibility index (Phi) is 6.39. The van der Waals surface area contributed by atoms with E-state index in [0.29, 0.717) is 26.2 Å². The van der Waals surface area contributed by atoms with Gasteiger partial charge in [0.2, 0.25) is 0 Å². The number of carbonyl (C=O) groups is 1. The van der Waals surface area contributed by atoms with Gasteiger partial charge in [-0.3, -0.25) is 19.5 Å². The Bertz CT molecular complexity index is 1450. The lowest BCUT2D eigenvalue weighted by atomic mass is 9.96. The molecule has 0 saturated carbocycles. The van der Waals surface area contributed by atoms with Gasteiger partial charge >= 0.3 is 5.97 Å². The molecular formula is C23H18BrN3O5S. The molecule has 0 bridgehead atoms. The maximum Gasteiger partial charge on any atom is 0.338 e. The minimum absolute atomic E-state index is 0.0291. The van der Waals surface area contributed by atoms with Gasteiger partial charge in [0.25, 0.3) is 11.2 Å². The summed E-state index contributed by atoms with van der Waals surface area (Å²) in [5.41, 5.74) is 1.86. The number of aromatic nitrogens is 1. The molecule has 168 valence electrons. The van der Waals surface area contributed by atoms with Crippen LogP contribution in [0.15, 0.2) is 74.1 Å². The molecule has 0 N–H and O–H groups in total. The van der Waals surface area contributed by atoms with Crippen molar-refractivity contribution < 1.29 is 14.5 Å². The molecule has 1 aliphatic rings. The van der Waals surface area contributed by atoms with Crippen molar-refractivity contribution in [3.8, 4) is 0 Å². The molecule has 33 heavy (non-hydrogen) atoms. The number of carbonyl (C=O) groups excluding carboxylic acids is 1. The van der Waals surface area contributed by atoms with Gasteiger partial charge in [-0.25, -0.2) is 9.79 Å². The highest BCUT2D eigenvalue weighted by Gasteiger charge is 2.33. The van der Waals surface area contributed by atoms with Gasteiger partial charge in [0.05, 0.1) is 33.4 Å². The van der Waals surface area contributed by atoms with Crippen LogP contribution in [0.25, 0.3) is 6.08 Å². The van der Waals surface area contributed by atoms with Gasteiger partial charge in [-0.15, -0.1) is 0 Å². The lowest BCUT2D eigenvalue weighted by Gasteiger charge is -2.24. The smallest absolute Gasteiger partial charge is 0.338 e. The third kappa shape index (κ3) is 4.44. The number of ether oxygens (including phenoxy) is 1. The van der Waals surface area contributed by atoms with Crippen molar-refractivity contribution in [2.24, 2.45) is 4.99 Å². The molecule has 0 spiro atoms. The van der Waals surface area contributed by atoms with Crippen molar-refractivity contribution in [3.63, 3.8) is 0 Å². The van der Waals surface area contributed by atoms with Gasteiger partial charge in [0.1, 0.15) is 0 Å². The molecule has 1 unspecified atom stereocenters. The number of hydrogen-bond donors (Lipinski definition) is 0. The average molecular weight is 528 g/mol. The van der Waals surface area contributed by atoms with Crippen LogP contribution < -0.4 is 14.9 Å². The summed E-state index contributed by atoms with van der Waals surface area (Å²) in [5, 5.41) is 10.9. The molecule has 2 aromatic carbocycles. The number of non-ortho nitro benzene ring substituents is 1. The molecule has 2 heterocycles. The molecular weight excluding hydrogens is 510 g/mol. The van der Waals surface area contributed by atoms with E-state index < -0.39 is 16.9 Å². The second kappa shape index (κ2) is 9.24. The van der Waals surface area contributed by atoms with E-state index in [1.54, 1.807) is 32.1 Å². The van der Waals surface area contributed by atoms with Gasteiger partial charge in [-0.05, 0) is 55.3 Å². The summed E-state index contributed by atoms with van der Waals surface area (Å²) in [6, 6.07) is 12.6. The average Bonchev–Trinajstić information content (AvgIpc) is 3.08. The van der Waals surface area contributed by atoms with Gasteiger partial charge in [-0.2, -0.15) is 0 Å². The lowest BCUT2D eigenvalue weighted by Crippen LogP contribution is -2.39. The Morgan fingerprint density at radius 3 is 2.52 bits per heavy atom. The van der Waals surface area contributed by atoms with E-state index in [4.69, 9.17) is 4.74 Å². The number of nitro benzene ring substituents is 1. The van der Waals surface area contributed by atoms with Crippen LogP contribution in [0.2, 0.25) is 0 Å². The zero-order valence-corrected chi connectivity index (χ0v) is 20.1. The van der Waals surface area contributed by atoms with Gasteiger partial charge < -0.3 is 4.74 Å². The van der Waals surface area contributed by atoms with Crippen molar-refractivity contribution in [1.29, 1.82) is 0 Å². The van der Waals surface area contributed by atoms with E-state index in [2.05, 4.69) is 20.9 Å². The number of thiazole rings is 1. The van der Waals surface area contributed by atoms with Crippen LogP contribution in [0.3, 0.4) is 0 Å². The summed E-state index contributed by atoms with van der Waals surface area (Å²) < 4.78 is 8.05. The molecule has 0 fully saturated rings. The van der Waals surface area contributed by atoms with Crippen LogP contribution >= 0.6 is 27.3 Å². The minimum atomic E-state index is -0.688. The number of halogens is 1. The number of rotatable bonds is 5. The summed E-state index contributed by atoms with van der Waals surface area (Å²) in [5.74, 6) is -0.517. The standard InChI is InChI=1S/C23H18BrN3O5S/c1-3-32-22(29)19-13(2)25-23-26(20(19)15-6-8-16(24)9-7-15)21(28)18(33-23)12-14-4-10-17(11-5-14)27(30)31/h4-12,20H,3H2,1-2H3/b18-12-. The zero-order valence-electron chi connectivity index (χ0n) is 17.6. The predicted octanol–water partition coefficient (Wildman–Crippen LogP) is 3.47. The number of benzene rings is 2. The van der Waals surface area contributed by atoms with Crippen molar-refractivity contribution in [1.82, 2.24) is 4.57 Å². The Labute approximate surface area is 200 Å². The summed E-state index contributed by atoms with van der Waals surface area (Å²) in [4.78, 5) is 41.7. The second-order valence-corrected chi connectivity index (χ2v) is 9.13. The molecule has 4 rings (SSSR count). The van der Waals surface area contributed by atoms with Crippen LogP contribution in [0.5, 0.6) is 0 Å². The highest BCUT2D eigenvalue weighted by atomic mass is 79.9. The van der Waals surface area contributed by atoms with Crippen LogP contribution in [0, 0.1) is 10.1 Å². The van der Waals surface area contributed by atoms with Gasteiger partial charge in [0, 0.05) is 16.6 Å². The fourth-order valence-corrected chi connectivity index (χ4v) is 4.91. The molecule has 8 nitrogen and oxygen atoms in total. The summed E-state index contributed by atoms with van der Waals surface area (Å²) >= 11 is 4.61. The Morgan fingerprint density at radius 1 is 1.24 bits per heavy atom. The fourth-order valence-electron chi connectivity index (χ4n) is 3.60. The molecule has 1 atom stereocenters. The first kappa shape index (κ1) is 22.8. The highest BCUT2D eigenvalue weighted by molar-refractivity contribution is 9.10. The monoisotopic (exact) mass is 527 g/mol. The highest BCUT2D eigenvalue weighted by Crippen LogP contribution is 2.31. The number of nitrogens with zero attached hydrogens (tertiary/aromatic N) is 3. The number of allylic oxidation sites excluding steroid dienone is 1. The van der Waals surface area contributed by atoms with Crippen LogP contribution in [0.1, 0.15) is 31.0 Å². The van der Waals surface area contributed by atoms with E-state index in [0.717, 1.165) is 10.0 Å². The summed E-state index contributed by atoms with van der Waals surface area (Å²) in [7, 11) is 0. The minimum Gasteiger partial charge on any atom is -0.463 e. The number of esters is 1. The largest absolute Gasteiger partial charge is 0.463 e. The predicted molar refractivity (Wildman–Crippen MR) is 128 cm³/mol. The van der Waals surface area contributed by atoms with Gasteiger partial charge in [-0.1, -0.05) is 39.4 Å². The topological polar surface area (TPSA) is 104 Å². The Balaban J connectivity index is 1.90. The van der Waals surface area contributed by atoms with Crippen LogP contribution in [0.4, 0.5) is 5.69 Å². The number of fused-ring (bicyclic) bond motifs is 1. The second-order valence-electron chi connectivity index (χ2n) is 7.20. The zero-order chi connectivity index (χ0) is 23.7. The molecule has 10 heteroatoms. The van der Waals surface area contributed by atoms with Crippen LogP contribution in [-0.4, -0.2) is 22.1 Å². The summed E-state index contributed by atoms with van der Waals surface area (Å²) in [6.07, 6.45) is 1.66. The van der Waals surface area contributed by atoms with E-state index in [1.807, 2.05) is 24.3 Å². The fraction of sp³-hybridized carbons (Fsp3) is 0.174. The summed E-state index contributed by atoms with van der Waals surface area (Å²) in [6.45, 7) is 3.65. The van der Waals surface area contributed by atoms with Crippen molar-refractivity contribution in [2.45, 2.75) is 19.9 Å². The molecule has 3 aromatic rings.